The van der Waals surface area contributed by atoms with Crippen molar-refractivity contribution in [1.29, 1.82) is 0 Å². The second-order valence-corrected chi connectivity index (χ2v) is 9.40. The Hall–Kier alpha value is -2.77. The van der Waals surface area contributed by atoms with E-state index in [-0.39, 0.29) is 17.8 Å². The van der Waals surface area contributed by atoms with Crippen LogP contribution >= 0.6 is 23.4 Å². The largest absolute Gasteiger partial charge is 0.483 e. The fourth-order valence-corrected chi connectivity index (χ4v) is 4.48. The monoisotopic (exact) mass is 484 g/mol. The molecule has 174 valence electrons. The minimum Gasteiger partial charge on any atom is -0.483 e. The van der Waals surface area contributed by atoms with Crippen LogP contribution in [0.15, 0.2) is 48.1 Å². The van der Waals surface area contributed by atoms with Gasteiger partial charge in [0.15, 0.2) is 17.1 Å². The smallest absolute Gasteiger partial charge is 0.234 e. The Morgan fingerprint density at radius 2 is 1.79 bits per heavy atom. The molecule has 1 heterocycles. The predicted molar refractivity (Wildman–Crippen MR) is 135 cm³/mol. The minimum absolute atomic E-state index is 0.101. The molecular weight excluding hydrogens is 456 g/mol. The normalized spacial score (nSPS) is 11.8. The zero-order valence-electron chi connectivity index (χ0n) is 19.6. The third-order valence-electron chi connectivity index (χ3n) is 4.98. The van der Waals surface area contributed by atoms with Gasteiger partial charge in [0, 0.05) is 17.3 Å². The standard InChI is InChI=1S/C25H29ClN4O2S/c1-7-8-30-24(19(6)32-21-12-17(4)23(26)18(5)13-21)28-29-25(30)33-14-22(31)27-20-10-15(2)9-16(3)11-20/h7,9-13,19H,1,8,14H2,2-6H3,(H,27,31). The summed E-state index contributed by atoms with van der Waals surface area (Å²) in [6.07, 6.45) is 1.42. The lowest BCUT2D eigenvalue weighted by molar-refractivity contribution is -0.113. The van der Waals surface area contributed by atoms with Crippen LogP contribution in [0.3, 0.4) is 0 Å². The van der Waals surface area contributed by atoms with Crippen molar-refractivity contribution in [3.8, 4) is 5.75 Å². The fourth-order valence-electron chi connectivity index (χ4n) is 3.61. The number of aromatic nitrogens is 3. The van der Waals surface area contributed by atoms with Gasteiger partial charge in [-0.25, -0.2) is 0 Å². The van der Waals surface area contributed by atoms with E-state index in [1.807, 2.05) is 63.5 Å². The van der Waals surface area contributed by atoms with Gasteiger partial charge in [-0.3, -0.25) is 9.36 Å². The van der Waals surface area contributed by atoms with E-state index in [0.717, 1.165) is 38.7 Å². The first-order valence-corrected chi connectivity index (χ1v) is 12.0. The first-order chi connectivity index (χ1) is 15.7. The number of amides is 1. The van der Waals surface area contributed by atoms with E-state index in [2.05, 4.69) is 28.2 Å². The molecule has 0 saturated carbocycles. The van der Waals surface area contributed by atoms with Crippen LogP contribution in [0.2, 0.25) is 5.02 Å². The molecule has 0 fully saturated rings. The molecular formula is C25H29ClN4O2S. The summed E-state index contributed by atoms with van der Waals surface area (Å²) >= 11 is 7.60. The van der Waals surface area contributed by atoms with Gasteiger partial charge in [0.1, 0.15) is 5.75 Å². The maximum Gasteiger partial charge on any atom is 0.234 e. The number of carbonyl (C=O) groups excluding carboxylic acids is 1. The van der Waals surface area contributed by atoms with Gasteiger partial charge >= 0.3 is 0 Å². The highest BCUT2D eigenvalue weighted by Crippen LogP contribution is 2.30. The fraction of sp³-hybridized carbons (Fsp3) is 0.320. The van der Waals surface area contributed by atoms with Crippen LogP contribution in [-0.2, 0) is 11.3 Å². The molecule has 1 amide bonds. The Morgan fingerprint density at radius 3 is 2.39 bits per heavy atom. The molecule has 0 saturated heterocycles. The molecule has 0 spiro atoms. The Morgan fingerprint density at radius 1 is 1.15 bits per heavy atom. The number of rotatable bonds is 9. The van der Waals surface area contributed by atoms with E-state index in [1.165, 1.54) is 11.8 Å². The number of hydrogen-bond acceptors (Lipinski definition) is 5. The average Bonchev–Trinajstić information content (AvgIpc) is 3.12. The third kappa shape index (κ3) is 6.39. The number of thioether (sulfide) groups is 1. The Balaban J connectivity index is 1.70. The molecule has 1 unspecified atom stereocenters. The van der Waals surface area contributed by atoms with Crippen LogP contribution in [0.1, 0.15) is 41.1 Å². The van der Waals surface area contributed by atoms with Crippen molar-refractivity contribution in [3.05, 3.63) is 76.1 Å². The maximum absolute atomic E-state index is 12.5. The number of benzene rings is 2. The van der Waals surface area contributed by atoms with Crippen LogP contribution in [0.4, 0.5) is 5.69 Å². The molecule has 0 aliphatic carbocycles. The van der Waals surface area contributed by atoms with Crippen molar-refractivity contribution in [2.75, 3.05) is 11.1 Å². The van der Waals surface area contributed by atoms with Crippen molar-refractivity contribution < 1.29 is 9.53 Å². The molecule has 8 heteroatoms. The molecule has 0 radical (unpaired) electrons. The molecule has 3 rings (SSSR count). The topological polar surface area (TPSA) is 69.0 Å². The highest BCUT2D eigenvalue weighted by molar-refractivity contribution is 7.99. The number of hydrogen-bond donors (Lipinski definition) is 1. The molecule has 2 aromatic carbocycles. The van der Waals surface area contributed by atoms with Gasteiger partial charge < -0.3 is 10.1 Å². The van der Waals surface area contributed by atoms with Crippen molar-refractivity contribution in [3.63, 3.8) is 0 Å². The van der Waals surface area contributed by atoms with Gasteiger partial charge in [-0.05, 0) is 81.1 Å². The summed E-state index contributed by atoms with van der Waals surface area (Å²) in [4.78, 5) is 12.5. The lowest BCUT2D eigenvalue weighted by Crippen LogP contribution is -2.15. The van der Waals surface area contributed by atoms with E-state index >= 15 is 0 Å². The number of nitrogens with one attached hydrogen (secondary N) is 1. The summed E-state index contributed by atoms with van der Waals surface area (Å²) in [5, 5.41) is 13.0. The number of ether oxygens (including phenoxy) is 1. The van der Waals surface area contributed by atoms with Gasteiger partial charge in [-0.2, -0.15) is 0 Å². The number of allylic oxidation sites excluding steroid dienone is 1. The van der Waals surface area contributed by atoms with Gasteiger partial charge in [0.05, 0.1) is 5.75 Å². The molecule has 1 N–H and O–H groups in total. The molecule has 0 aliphatic rings. The molecule has 1 atom stereocenters. The molecule has 6 nitrogen and oxygen atoms in total. The van der Waals surface area contributed by atoms with E-state index in [1.54, 1.807) is 6.08 Å². The Kier molecular flexibility index (Phi) is 8.21. The van der Waals surface area contributed by atoms with Crippen molar-refractivity contribution in [1.82, 2.24) is 14.8 Å². The highest BCUT2D eigenvalue weighted by Gasteiger charge is 2.20. The van der Waals surface area contributed by atoms with Gasteiger partial charge in [0.25, 0.3) is 0 Å². The number of anilines is 1. The quantitative estimate of drug-likeness (QED) is 0.288. The zero-order chi connectivity index (χ0) is 24.1. The second kappa shape index (κ2) is 10.9. The van der Waals surface area contributed by atoms with Crippen LogP contribution in [-0.4, -0.2) is 26.4 Å². The van der Waals surface area contributed by atoms with Gasteiger partial charge in [0.2, 0.25) is 5.91 Å². The number of aryl methyl sites for hydroxylation is 4. The Bertz CT molecular complexity index is 1130. The molecule has 33 heavy (non-hydrogen) atoms. The van der Waals surface area contributed by atoms with Crippen LogP contribution < -0.4 is 10.1 Å². The summed E-state index contributed by atoms with van der Waals surface area (Å²) in [5.74, 6) is 1.50. The Labute approximate surface area is 204 Å². The molecule has 3 aromatic rings. The predicted octanol–water partition coefficient (Wildman–Crippen LogP) is 6.22. The molecule has 0 aliphatic heterocycles. The first kappa shape index (κ1) is 24.9. The van der Waals surface area contributed by atoms with Crippen molar-refractivity contribution in [2.45, 2.75) is 52.4 Å². The van der Waals surface area contributed by atoms with E-state index in [0.29, 0.717) is 17.5 Å². The first-order valence-electron chi connectivity index (χ1n) is 10.7. The lowest BCUT2D eigenvalue weighted by atomic mass is 10.1. The van der Waals surface area contributed by atoms with Gasteiger partial charge in [-0.1, -0.05) is 35.5 Å². The highest BCUT2D eigenvalue weighted by atomic mass is 35.5. The maximum atomic E-state index is 12.5. The summed E-state index contributed by atoms with van der Waals surface area (Å²) in [7, 11) is 0. The number of halogens is 1. The summed E-state index contributed by atoms with van der Waals surface area (Å²) in [6.45, 7) is 14.2. The van der Waals surface area contributed by atoms with Crippen molar-refractivity contribution in [2.24, 2.45) is 0 Å². The lowest BCUT2D eigenvalue weighted by Gasteiger charge is -2.17. The van der Waals surface area contributed by atoms with E-state index in [9.17, 15) is 4.79 Å². The number of carbonyl (C=O) groups is 1. The van der Waals surface area contributed by atoms with Crippen LogP contribution in [0.25, 0.3) is 0 Å². The summed E-state index contributed by atoms with van der Waals surface area (Å²) in [5.41, 5.74) is 4.92. The number of nitrogens with zero attached hydrogens (tertiary/aromatic N) is 3. The van der Waals surface area contributed by atoms with E-state index < -0.39 is 0 Å². The molecule has 1 aromatic heterocycles. The van der Waals surface area contributed by atoms with E-state index in [4.69, 9.17) is 16.3 Å². The van der Waals surface area contributed by atoms with Gasteiger partial charge in [-0.15, -0.1) is 16.8 Å². The van der Waals surface area contributed by atoms with Crippen LogP contribution in [0.5, 0.6) is 5.75 Å². The molecule has 0 bridgehead atoms. The third-order valence-corrected chi connectivity index (χ3v) is 6.54. The zero-order valence-corrected chi connectivity index (χ0v) is 21.2. The average molecular weight is 485 g/mol. The van der Waals surface area contributed by atoms with Crippen molar-refractivity contribution >= 4 is 35.0 Å². The second-order valence-electron chi connectivity index (χ2n) is 8.08. The minimum atomic E-state index is -0.351. The SMILES string of the molecule is C=CCn1c(SCC(=O)Nc2cc(C)cc(C)c2)nnc1C(C)Oc1cc(C)c(Cl)c(C)c1. The van der Waals surface area contributed by atoms with Crippen LogP contribution in [0, 0.1) is 27.7 Å². The summed E-state index contributed by atoms with van der Waals surface area (Å²) < 4.78 is 8.06. The summed E-state index contributed by atoms with van der Waals surface area (Å²) in [6, 6.07) is 9.79.